The molecule has 0 unspecified atom stereocenters. The highest BCUT2D eigenvalue weighted by molar-refractivity contribution is 7.13. The third-order valence-corrected chi connectivity index (χ3v) is 9.25. The molecular formula is C29H38N10O3S. The third kappa shape index (κ3) is 6.07. The van der Waals surface area contributed by atoms with Gasteiger partial charge in [-0.2, -0.15) is 10.1 Å². The molecule has 0 radical (unpaired) electrons. The van der Waals surface area contributed by atoms with Crippen molar-refractivity contribution in [1.82, 2.24) is 39.8 Å². The number of carbonyl (C=O) groups excluding carboxylic acids is 1. The van der Waals surface area contributed by atoms with Gasteiger partial charge in [-0.1, -0.05) is 0 Å². The fraction of sp³-hybridized carbons (Fsp3) is 0.517. The molecule has 1 saturated heterocycles. The Morgan fingerprint density at radius 3 is 2.74 bits per heavy atom. The van der Waals surface area contributed by atoms with Crippen LogP contribution in [0.4, 0.5) is 11.5 Å². The number of carbonyl (C=O) groups is 1. The number of nitrogens with two attached hydrogens (primary N) is 1. The lowest BCUT2D eigenvalue weighted by atomic mass is 9.92. The van der Waals surface area contributed by atoms with E-state index in [1.807, 2.05) is 13.0 Å². The Bertz CT molecular complexity index is 1600. The smallest absolute Gasteiger partial charge is 0.316 e. The molecular weight excluding hydrogens is 568 g/mol. The molecule has 1 saturated carbocycles. The molecule has 1 aliphatic heterocycles. The van der Waals surface area contributed by atoms with Gasteiger partial charge in [0.05, 0.1) is 29.2 Å². The van der Waals surface area contributed by atoms with E-state index in [1.165, 1.54) is 24.8 Å². The molecule has 43 heavy (non-hydrogen) atoms. The minimum atomic E-state index is -0.146. The molecule has 2 aliphatic rings. The van der Waals surface area contributed by atoms with Crippen LogP contribution >= 0.6 is 11.3 Å². The van der Waals surface area contributed by atoms with E-state index >= 15 is 0 Å². The maximum Gasteiger partial charge on any atom is 0.316 e. The quantitative estimate of drug-likeness (QED) is 0.305. The number of rotatable bonds is 8. The van der Waals surface area contributed by atoms with Crippen molar-refractivity contribution in [3.05, 3.63) is 34.5 Å². The molecule has 6 rings (SSSR count). The number of anilines is 2. The first kappa shape index (κ1) is 29.1. The summed E-state index contributed by atoms with van der Waals surface area (Å²) in [4.78, 5) is 36.1. The average molecular weight is 607 g/mol. The van der Waals surface area contributed by atoms with E-state index < -0.39 is 0 Å². The van der Waals surface area contributed by atoms with Gasteiger partial charge in [-0.3, -0.25) is 4.79 Å². The minimum Gasteiger partial charge on any atom is -0.473 e. The Kier molecular flexibility index (Phi) is 8.30. The first-order valence-corrected chi connectivity index (χ1v) is 15.5. The Hall–Kier alpha value is -4.04. The van der Waals surface area contributed by atoms with Crippen LogP contribution in [0.2, 0.25) is 0 Å². The van der Waals surface area contributed by atoms with Gasteiger partial charge in [-0.15, -0.1) is 11.3 Å². The van der Waals surface area contributed by atoms with Crippen molar-refractivity contribution in [1.29, 1.82) is 0 Å². The largest absolute Gasteiger partial charge is 0.473 e. The van der Waals surface area contributed by atoms with Crippen LogP contribution in [0.3, 0.4) is 0 Å². The summed E-state index contributed by atoms with van der Waals surface area (Å²) < 4.78 is 13.3. The Morgan fingerprint density at radius 1 is 1.16 bits per heavy atom. The monoisotopic (exact) mass is 606 g/mol. The lowest BCUT2D eigenvalue weighted by Crippen LogP contribution is -2.47. The van der Waals surface area contributed by atoms with Gasteiger partial charge in [0.25, 0.3) is 5.91 Å². The van der Waals surface area contributed by atoms with E-state index in [1.54, 1.807) is 16.8 Å². The number of hydrogen-bond donors (Lipinski definition) is 2. The number of thiazole rings is 1. The van der Waals surface area contributed by atoms with E-state index in [-0.39, 0.29) is 24.1 Å². The zero-order valence-corrected chi connectivity index (χ0v) is 25.8. The Balaban J connectivity index is 1.19. The molecule has 4 aromatic rings. The van der Waals surface area contributed by atoms with E-state index in [2.05, 4.69) is 54.2 Å². The predicted molar refractivity (Wildman–Crippen MR) is 165 cm³/mol. The van der Waals surface area contributed by atoms with Crippen LogP contribution in [0.15, 0.2) is 24.7 Å². The number of amides is 1. The van der Waals surface area contributed by atoms with Crippen molar-refractivity contribution in [3.8, 4) is 23.3 Å². The summed E-state index contributed by atoms with van der Waals surface area (Å²) in [6, 6.07) is 4.58. The van der Waals surface area contributed by atoms with Crippen molar-refractivity contribution in [3.63, 3.8) is 0 Å². The normalized spacial score (nSPS) is 20.9. The maximum absolute atomic E-state index is 13.6. The summed E-state index contributed by atoms with van der Waals surface area (Å²) in [6.45, 7) is 3.32. The van der Waals surface area contributed by atoms with Crippen LogP contribution in [-0.4, -0.2) is 92.8 Å². The van der Waals surface area contributed by atoms with Gasteiger partial charge in [-0.05, 0) is 71.7 Å². The van der Waals surface area contributed by atoms with Gasteiger partial charge in [-0.25, -0.2) is 19.5 Å². The summed E-state index contributed by atoms with van der Waals surface area (Å²) >= 11 is 1.38. The number of fused-ring (bicyclic) bond motifs is 1. The molecule has 5 heterocycles. The van der Waals surface area contributed by atoms with Crippen molar-refractivity contribution in [2.45, 2.75) is 63.6 Å². The van der Waals surface area contributed by atoms with Crippen molar-refractivity contribution in [2.75, 3.05) is 44.9 Å². The number of hydrogen-bond acceptors (Lipinski definition) is 12. The zero-order valence-electron chi connectivity index (χ0n) is 25.0. The summed E-state index contributed by atoms with van der Waals surface area (Å²) in [5.41, 5.74) is 9.34. The standard InChI is InChI=1S/C29H38N10O3S/c1-17-34-28(42-20-9-7-19(8-10-20)37(2)3)25(43-17)27(40)35-18-6-5-13-38(15-18)23-14-22(21-11-12-31-29(36-21)41-4)39-24(23)26(30)32-16-33-39/h11-12,14,16,18-20H,5-10,13,15H2,1-4H3,(H,35,40)(H2,30,32,33)/t18-,19?,20?/m1/s1. The lowest BCUT2D eigenvalue weighted by molar-refractivity contribution is 0.0907. The summed E-state index contributed by atoms with van der Waals surface area (Å²) in [6.07, 6.45) is 8.98. The topological polar surface area (TPSA) is 149 Å². The van der Waals surface area contributed by atoms with Crippen molar-refractivity contribution in [2.24, 2.45) is 0 Å². The zero-order chi connectivity index (χ0) is 30.1. The fourth-order valence-electron chi connectivity index (χ4n) is 6.09. The lowest BCUT2D eigenvalue weighted by Gasteiger charge is -2.34. The van der Waals surface area contributed by atoms with Gasteiger partial charge >= 0.3 is 6.01 Å². The number of ether oxygens (including phenoxy) is 2. The van der Waals surface area contributed by atoms with Gasteiger partial charge in [0.15, 0.2) is 10.7 Å². The second-order valence-electron chi connectivity index (χ2n) is 11.4. The van der Waals surface area contributed by atoms with Crippen LogP contribution in [0.25, 0.3) is 16.9 Å². The fourth-order valence-corrected chi connectivity index (χ4v) is 6.84. The van der Waals surface area contributed by atoms with Gasteiger partial charge in [0, 0.05) is 31.4 Å². The molecule has 0 bridgehead atoms. The summed E-state index contributed by atoms with van der Waals surface area (Å²) in [5, 5.41) is 8.55. The average Bonchev–Trinajstić information content (AvgIpc) is 3.59. The molecule has 4 aromatic heterocycles. The molecule has 3 N–H and O–H groups in total. The molecule has 2 fully saturated rings. The number of nitrogens with zero attached hydrogens (tertiary/aromatic N) is 8. The van der Waals surface area contributed by atoms with Crippen LogP contribution in [0.5, 0.6) is 11.9 Å². The van der Waals surface area contributed by atoms with E-state index in [0.29, 0.717) is 40.4 Å². The number of aryl methyl sites for hydroxylation is 1. The predicted octanol–water partition coefficient (Wildman–Crippen LogP) is 3.19. The summed E-state index contributed by atoms with van der Waals surface area (Å²) in [5.74, 6) is 0.673. The number of piperidine rings is 1. The van der Waals surface area contributed by atoms with Crippen molar-refractivity contribution >= 4 is 34.3 Å². The molecule has 228 valence electrons. The Morgan fingerprint density at radius 2 is 1.98 bits per heavy atom. The molecule has 1 aliphatic carbocycles. The SMILES string of the molecule is COc1nccc(-c2cc(N3CCC[C@@H](NC(=O)c4sc(C)nc4OC4CCC(N(C)C)CC4)C3)c3c(N)ncnn23)n1. The highest BCUT2D eigenvalue weighted by Crippen LogP contribution is 2.35. The van der Waals surface area contributed by atoms with E-state index in [9.17, 15) is 4.79 Å². The van der Waals surface area contributed by atoms with Gasteiger partial charge < -0.3 is 30.3 Å². The van der Waals surface area contributed by atoms with Crippen LogP contribution < -0.4 is 25.4 Å². The van der Waals surface area contributed by atoms with Crippen LogP contribution in [0, 0.1) is 6.92 Å². The van der Waals surface area contributed by atoms with Crippen LogP contribution in [-0.2, 0) is 0 Å². The number of nitrogens with one attached hydrogen (secondary N) is 1. The second kappa shape index (κ2) is 12.3. The second-order valence-corrected chi connectivity index (χ2v) is 12.6. The van der Waals surface area contributed by atoms with Gasteiger partial charge in [0.2, 0.25) is 5.88 Å². The molecule has 14 heteroatoms. The third-order valence-electron chi connectivity index (χ3n) is 8.30. The molecule has 0 spiro atoms. The first-order chi connectivity index (χ1) is 20.8. The summed E-state index contributed by atoms with van der Waals surface area (Å²) in [7, 11) is 5.78. The van der Waals surface area contributed by atoms with E-state index in [0.717, 1.165) is 61.5 Å². The molecule has 13 nitrogen and oxygen atoms in total. The van der Waals surface area contributed by atoms with Crippen LogP contribution in [0.1, 0.15) is 53.2 Å². The highest BCUT2D eigenvalue weighted by atomic mass is 32.1. The maximum atomic E-state index is 13.6. The molecule has 1 amide bonds. The number of methoxy groups -OCH3 is 1. The molecule has 0 aromatic carbocycles. The highest BCUT2D eigenvalue weighted by Gasteiger charge is 2.30. The van der Waals surface area contributed by atoms with Crippen molar-refractivity contribution < 1.29 is 14.3 Å². The Labute approximate surface area is 254 Å². The minimum absolute atomic E-state index is 0.0737. The number of nitrogen functional groups attached to an aromatic ring is 1. The first-order valence-electron chi connectivity index (χ1n) is 14.7. The van der Waals surface area contributed by atoms with E-state index in [4.69, 9.17) is 15.2 Å². The molecule has 1 atom stereocenters. The number of aromatic nitrogens is 6. The van der Waals surface area contributed by atoms with Gasteiger partial charge in [0.1, 0.15) is 17.9 Å².